The first-order valence-electron chi connectivity index (χ1n) is 8.83. The Balaban J connectivity index is 1.75. The lowest BCUT2D eigenvalue weighted by Gasteiger charge is -2.20. The van der Waals surface area contributed by atoms with Gasteiger partial charge in [0, 0.05) is 13.1 Å². The van der Waals surface area contributed by atoms with Crippen molar-refractivity contribution in [3.05, 3.63) is 45.6 Å². The van der Waals surface area contributed by atoms with Gasteiger partial charge in [-0.15, -0.1) is 11.3 Å². The second-order valence-electron chi connectivity index (χ2n) is 6.35. The van der Waals surface area contributed by atoms with Crippen molar-refractivity contribution in [3.63, 3.8) is 0 Å². The van der Waals surface area contributed by atoms with E-state index in [4.69, 9.17) is 23.8 Å². The Morgan fingerprint density at radius 3 is 2.50 bits per heavy atom. The number of anilines is 1. The van der Waals surface area contributed by atoms with E-state index in [-0.39, 0.29) is 15.9 Å². The topological polar surface area (TPSA) is 78.5 Å². The molecule has 0 radical (unpaired) electrons. The first kappa shape index (κ1) is 21.2. The first-order chi connectivity index (χ1) is 13.4. The van der Waals surface area contributed by atoms with Gasteiger partial charge in [0.2, 0.25) is 10.0 Å². The fourth-order valence-corrected chi connectivity index (χ4v) is 5.45. The SMILES string of the molecule is O=C(NC(=S)Nc1cc(S(=O)(=O)N2CCCCCC2)ccc1Cl)c1cccs1. The number of halogens is 1. The van der Waals surface area contributed by atoms with Crippen LogP contribution in [0.1, 0.15) is 35.4 Å². The van der Waals surface area contributed by atoms with E-state index in [1.165, 1.54) is 33.8 Å². The van der Waals surface area contributed by atoms with Gasteiger partial charge in [-0.25, -0.2) is 8.42 Å². The summed E-state index contributed by atoms with van der Waals surface area (Å²) in [5.74, 6) is -0.336. The van der Waals surface area contributed by atoms with Crippen molar-refractivity contribution in [3.8, 4) is 0 Å². The van der Waals surface area contributed by atoms with Crippen molar-refractivity contribution in [2.45, 2.75) is 30.6 Å². The Kier molecular flexibility index (Phi) is 7.05. The predicted molar refractivity (Wildman–Crippen MR) is 117 cm³/mol. The van der Waals surface area contributed by atoms with Crippen LogP contribution in [0.25, 0.3) is 0 Å². The lowest BCUT2D eigenvalue weighted by Crippen LogP contribution is -2.34. The monoisotopic (exact) mass is 457 g/mol. The summed E-state index contributed by atoms with van der Waals surface area (Å²) in [7, 11) is -3.61. The molecule has 1 aromatic carbocycles. The number of thiophene rings is 1. The lowest BCUT2D eigenvalue weighted by atomic mass is 10.2. The molecule has 2 heterocycles. The summed E-state index contributed by atoms with van der Waals surface area (Å²) in [4.78, 5) is 12.8. The zero-order valence-electron chi connectivity index (χ0n) is 15.0. The van der Waals surface area contributed by atoms with Gasteiger partial charge in [0.1, 0.15) is 0 Å². The quantitative estimate of drug-likeness (QED) is 0.676. The number of carbonyl (C=O) groups is 1. The molecule has 0 aliphatic carbocycles. The van der Waals surface area contributed by atoms with Crippen LogP contribution < -0.4 is 10.6 Å². The maximum absolute atomic E-state index is 13.0. The van der Waals surface area contributed by atoms with Crippen molar-refractivity contribution in [2.75, 3.05) is 18.4 Å². The van der Waals surface area contributed by atoms with Gasteiger partial charge >= 0.3 is 0 Å². The van der Waals surface area contributed by atoms with Crippen LogP contribution in [0, 0.1) is 0 Å². The normalized spacial score (nSPS) is 15.6. The molecule has 6 nitrogen and oxygen atoms in total. The molecule has 0 bridgehead atoms. The molecular weight excluding hydrogens is 438 g/mol. The summed E-state index contributed by atoms with van der Waals surface area (Å²) in [6, 6.07) is 7.90. The van der Waals surface area contributed by atoms with Crippen LogP contribution in [0.2, 0.25) is 5.02 Å². The smallest absolute Gasteiger partial charge is 0.267 e. The third kappa shape index (κ3) is 5.09. The predicted octanol–water partition coefficient (Wildman–Crippen LogP) is 4.09. The number of hydrogen-bond acceptors (Lipinski definition) is 5. The van der Waals surface area contributed by atoms with Crippen LogP contribution >= 0.6 is 35.2 Å². The molecule has 28 heavy (non-hydrogen) atoms. The minimum Gasteiger partial charge on any atom is -0.331 e. The van der Waals surface area contributed by atoms with Crippen molar-refractivity contribution in [1.29, 1.82) is 0 Å². The largest absolute Gasteiger partial charge is 0.331 e. The molecular formula is C18H20ClN3O3S3. The van der Waals surface area contributed by atoms with Crippen molar-refractivity contribution >= 4 is 61.9 Å². The van der Waals surface area contributed by atoms with Gasteiger partial charge in [0.15, 0.2) is 5.11 Å². The van der Waals surface area contributed by atoms with Gasteiger partial charge in [-0.3, -0.25) is 10.1 Å². The van der Waals surface area contributed by atoms with Crippen LogP contribution in [-0.4, -0.2) is 36.8 Å². The number of rotatable bonds is 4. The average molecular weight is 458 g/mol. The highest BCUT2D eigenvalue weighted by Gasteiger charge is 2.26. The Morgan fingerprint density at radius 2 is 1.86 bits per heavy atom. The van der Waals surface area contributed by atoms with Crippen molar-refractivity contribution in [1.82, 2.24) is 9.62 Å². The van der Waals surface area contributed by atoms with Crippen LogP contribution in [0.15, 0.2) is 40.6 Å². The van der Waals surface area contributed by atoms with E-state index in [0.29, 0.717) is 28.7 Å². The molecule has 0 saturated carbocycles. The molecule has 1 saturated heterocycles. The maximum atomic E-state index is 13.0. The number of amides is 1. The first-order valence-corrected chi connectivity index (χ1v) is 11.9. The van der Waals surface area contributed by atoms with Crippen LogP contribution in [0.4, 0.5) is 5.69 Å². The van der Waals surface area contributed by atoms with E-state index in [9.17, 15) is 13.2 Å². The molecule has 1 aliphatic rings. The fraction of sp³-hybridized carbons (Fsp3) is 0.333. The molecule has 0 unspecified atom stereocenters. The van der Waals surface area contributed by atoms with E-state index >= 15 is 0 Å². The van der Waals surface area contributed by atoms with E-state index in [1.807, 2.05) is 0 Å². The number of nitrogens with zero attached hydrogens (tertiary/aromatic N) is 1. The summed E-state index contributed by atoms with van der Waals surface area (Å²) < 4.78 is 27.5. The van der Waals surface area contributed by atoms with E-state index in [0.717, 1.165) is 25.7 Å². The summed E-state index contributed by atoms with van der Waals surface area (Å²) in [5.41, 5.74) is 0.328. The number of carbonyl (C=O) groups excluding carboxylic acids is 1. The molecule has 2 N–H and O–H groups in total. The number of sulfonamides is 1. The highest BCUT2D eigenvalue weighted by Crippen LogP contribution is 2.28. The summed E-state index contributed by atoms with van der Waals surface area (Å²) in [5, 5.41) is 7.53. The van der Waals surface area contributed by atoms with Gasteiger partial charge in [0.05, 0.1) is 20.5 Å². The second-order valence-corrected chi connectivity index (χ2v) is 10.0. The minimum absolute atomic E-state index is 0.0459. The summed E-state index contributed by atoms with van der Waals surface area (Å²) >= 11 is 12.7. The van der Waals surface area contributed by atoms with E-state index < -0.39 is 10.0 Å². The maximum Gasteiger partial charge on any atom is 0.267 e. The summed E-state index contributed by atoms with van der Waals surface area (Å²) in [6.07, 6.45) is 3.79. The third-order valence-corrected chi connectivity index (χ3v) is 7.66. The molecule has 0 atom stereocenters. The molecule has 150 valence electrons. The van der Waals surface area contributed by atoms with Crippen molar-refractivity contribution < 1.29 is 13.2 Å². The van der Waals surface area contributed by atoms with E-state index in [1.54, 1.807) is 17.5 Å². The van der Waals surface area contributed by atoms with Gasteiger partial charge in [-0.05, 0) is 54.7 Å². The Hall–Kier alpha value is -1.52. The number of benzene rings is 1. The van der Waals surface area contributed by atoms with Crippen molar-refractivity contribution in [2.24, 2.45) is 0 Å². The molecule has 1 fully saturated rings. The average Bonchev–Trinajstić information content (AvgIpc) is 3.05. The molecule has 2 aromatic rings. The zero-order valence-corrected chi connectivity index (χ0v) is 18.2. The molecule has 3 rings (SSSR count). The minimum atomic E-state index is -3.61. The van der Waals surface area contributed by atoms with Gasteiger partial charge in [-0.1, -0.05) is 30.5 Å². The molecule has 10 heteroatoms. The molecule has 1 aliphatic heterocycles. The molecule has 1 aromatic heterocycles. The van der Waals surface area contributed by atoms with Gasteiger partial charge in [-0.2, -0.15) is 4.31 Å². The zero-order chi connectivity index (χ0) is 20.1. The molecule has 1 amide bonds. The van der Waals surface area contributed by atoms with Gasteiger partial charge in [0.25, 0.3) is 5.91 Å². The highest BCUT2D eigenvalue weighted by molar-refractivity contribution is 7.89. The highest BCUT2D eigenvalue weighted by atomic mass is 35.5. The third-order valence-electron chi connectivity index (χ3n) is 4.36. The fourth-order valence-electron chi connectivity index (χ4n) is 2.92. The summed E-state index contributed by atoms with van der Waals surface area (Å²) in [6.45, 7) is 1.03. The lowest BCUT2D eigenvalue weighted by molar-refractivity contribution is 0.0981. The van der Waals surface area contributed by atoms with Crippen LogP contribution in [-0.2, 0) is 10.0 Å². The number of hydrogen-bond donors (Lipinski definition) is 2. The Bertz CT molecular complexity index is 954. The Morgan fingerprint density at radius 1 is 1.14 bits per heavy atom. The Labute approximate surface area is 178 Å². The number of nitrogens with one attached hydrogen (secondary N) is 2. The number of thiocarbonyl (C=S) groups is 1. The molecule has 0 spiro atoms. The standard InChI is InChI=1S/C18H20ClN3O3S3/c19-14-8-7-13(28(24,25)22-9-3-1-2-4-10-22)12-15(14)20-18(26)21-17(23)16-6-5-11-27-16/h5-8,11-12H,1-4,9-10H2,(H2,20,21,23,26). The van der Waals surface area contributed by atoms with Gasteiger partial charge < -0.3 is 5.32 Å². The van der Waals surface area contributed by atoms with Crippen LogP contribution in [0.5, 0.6) is 0 Å². The van der Waals surface area contributed by atoms with Crippen LogP contribution in [0.3, 0.4) is 0 Å². The van der Waals surface area contributed by atoms with E-state index in [2.05, 4.69) is 10.6 Å². The second kappa shape index (κ2) is 9.32.